The number of nitrogens with zero attached hydrogens (tertiary/aromatic N) is 1. The van der Waals surface area contributed by atoms with Crippen molar-refractivity contribution in [1.29, 1.82) is 0 Å². The Kier molecular flexibility index (Phi) is 4.83. The highest BCUT2D eigenvalue weighted by Gasteiger charge is 2.22. The van der Waals surface area contributed by atoms with Crippen LogP contribution in [0.15, 0.2) is 24.3 Å². The molecule has 1 N–H and O–H groups in total. The predicted molar refractivity (Wildman–Crippen MR) is 78.3 cm³/mol. The number of benzene rings is 1. The van der Waals surface area contributed by atoms with Crippen LogP contribution in [0.5, 0.6) is 0 Å². The van der Waals surface area contributed by atoms with E-state index in [2.05, 4.69) is 5.32 Å². The monoisotopic (exact) mass is 280 g/mol. The molecule has 1 heterocycles. The second kappa shape index (κ2) is 6.40. The lowest BCUT2D eigenvalue weighted by molar-refractivity contribution is -0.132. The third-order valence-corrected chi connectivity index (χ3v) is 4.16. The van der Waals surface area contributed by atoms with Gasteiger partial charge in [-0.15, -0.1) is 0 Å². The minimum atomic E-state index is 0.0752. The standard InChI is InChI=1S/C15H21ClN2O/c1-11(12-5-7-13(16)8-6-12)18(2)15(19)10-14-4-3-9-17-14/h5-8,11,14,17H,3-4,9-10H2,1-2H3. The Bertz CT molecular complexity index is 426. The highest BCUT2D eigenvalue weighted by atomic mass is 35.5. The first-order chi connectivity index (χ1) is 9.08. The van der Waals surface area contributed by atoms with Crippen LogP contribution in [0.2, 0.25) is 5.02 Å². The molecule has 1 fully saturated rings. The molecule has 1 saturated heterocycles. The van der Waals surface area contributed by atoms with E-state index in [1.807, 2.05) is 43.1 Å². The maximum atomic E-state index is 12.2. The molecule has 1 aliphatic rings. The van der Waals surface area contributed by atoms with E-state index in [1.165, 1.54) is 6.42 Å². The average Bonchev–Trinajstić information content (AvgIpc) is 2.90. The Morgan fingerprint density at radius 2 is 2.16 bits per heavy atom. The summed E-state index contributed by atoms with van der Waals surface area (Å²) in [6.07, 6.45) is 2.87. The molecule has 0 spiro atoms. The summed E-state index contributed by atoms with van der Waals surface area (Å²) in [5, 5.41) is 4.09. The van der Waals surface area contributed by atoms with Gasteiger partial charge in [0.15, 0.2) is 0 Å². The van der Waals surface area contributed by atoms with Crippen molar-refractivity contribution in [2.45, 2.75) is 38.3 Å². The van der Waals surface area contributed by atoms with E-state index in [0.717, 1.165) is 23.6 Å². The fourth-order valence-corrected chi connectivity index (χ4v) is 2.59. The summed E-state index contributed by atoms with van der Waals surface area (Å²) in [5.41, 5.74) is 1.11. The number of hydrogen-bond acceptors (Lipinski definition) is 2. The predicted octanol–water partition coefficient (Wildman–Crippen LogP) is 3.00. The van der Waals surface area contributed by atoms with Crippen molar-refractivity contribution < 1.29 is 4.79 Å². The van der Waals surface area contributed by atoms with Crippen molar-refractivity contribution in [1.82, 2.24) is 10.2 Å². The molecule has 0 aromatic heterocycles. The molecule has 104 valence electrons. The van der Waals surface area contributed by atoms with Crippen LogP contribution in [0.1, 0.15) is 37.8 Å². The van der Waals surface area contributed by atoms with Gasteiger partial charge in [0.1, 0.15) is 0 Å². The maximum Gasteiger partial charge on any atom is 0.224 e. The Morgan fingerprint density at radius 3 is 2.74 bits per heavy atom. The van der Waals surface area contributed by atoms with E-state index in [0.29, 0.717) is 12.5 Å². The molecule has 4 heteroatoms. The van der Waals surface area contributed by atoms with Crippen LogP contribution in [0, 0.1) is 0 Å². The fraction of sp³-hybridized carbons (Fsp3) is 0.533. The second-order valence-electron chi connectivity index (χ2n) is 5.23. The van der Waals surface area contributed by atoms with Gasteiger partial charge in [-0.1, -0.05) is 23.7 Å². The first-order valence-electron chi connectivity index (χ1n) is 6.82. The fourth-order valence-electron chi connectivity index (χ4n) is 2.47. The van der Waals surface area contributed by atoms with Crippen molar-refractivity contribution in [3.8, 4) is 0 Å². The van der Waals surface area contributed by atoms with Crippen LogP contribution in [0.4, 0.5) is 0 Å². The zero-order valence-corrected chi connectivity index (χ0v) is 12.3. The quantitative estimate of drug-likeness (QED) is 0.920. The molecule has 2 unspecified atom stereocenters. The van der Waals surface area contributed by atoms with Crippen molar-refractivity contribution in [3.63, 3.8) is 0 Å². The lowest BCUT2D eigenvalue weighted by Crippen LogP contribution is -2.34. The molecule has 19 heavy (non-hydrogen) atoms. The summed E-state index contributed by atoms with van der Waals surface area (Å²) in [6.45, 7) is 3.08. The molecule has 2 rings (SSSR count). The van der Waals surface area contributed by atoms with Crippen LogP contribution >= 0.6 is 11.6 Å². The molecule has 1 aromatic rings. The SMILES string of the molecule is CC(c1ccc(Cl)cc1)N(C)C(=O)CC1CCCN1. The number of carbonyl (C=O) groups excluding carboxylic acids is 1. The summed E-state index contributed by atoms with van der Waals surface area (Å²) in [7, 11) is 1.87. The van der Waals surface area contributed by atoms with Gasteiger partial charge in [-0.05, 0) is 44.0 Å². The van der Waals surface area contributed by atoms with Gasteiger partial charge < -0.3 is 10.2 Å². The average molecular weight is 281 g/mol. The smallest absolute Gasteiger partial charge is 0.224 e. The van der Waals surface area contributed by atoms with E-state index >= 15 is 0 Å². The number of nitrogens with one attached hydrogen (secondary N) is 1. The van der Waals surface area contributed by atoms with Gasteiger partial charge >= 0.3 is 0 Å². The van der Waals surface area contributed by atoms with Gasteiger partial charge in [-0.25, -0.2) is 0 Å². The van der Waals surface area contributed by atoms with Crippen molar-refractivity contribution in [2.24, 2.45) is 0 Å². The third kappa shape index (κ3) is 3.71. The van der Waals surface area contributed by atoms with Crippen LogP contribution in [0.25, 0.3) is 0 Å². The van der Waals surface area contributed by atoms with E-state index in [4.69, 9.17) is 11.6 Å². The summed E-state index contributed by atoms with van der Waals surface area (Å²) in [6, 6.07) is 8.11. The van der Waals surface area contributed by atoms with Gasteiger partial charge in [0.25, 0.3) is 0 Å². The second-order valence-corrected chi connectivity index (χ2v) is 5.67. The van der Waals surface area contributed by atoms with Gasteiger partial charge in [0.05, 0.1) is 6.04 Å². The normalized spacial score (nSPS) is 20.3. The molecule has 0 aliphatic carbocycles. The number of rotatable bonds is 4. The number of halogens is 1. The molecule has 3 nitrogen and oxygen atoms in total. The van der Waals surface area contributed by atoms with Crippen molar-refractivity contribution >= 4 is 17.5 Å². The van der Waals surface area contributed by atoms with Crippen LogP contribution < -0.4 is 5.32 Å². The molecule has 0 saturated carbocycles. The van der Waals surface area contributed by atoms with Crippen molar-refractivity contribution in [3.05, 3.63) is 34.9 Å². The highest BCUT2D eigenvalue weighted by molar-refractivity contribution is 6.30. The van der Waals surface area contributed by atoms with E-state index in [1.54, 1.807) is 0 Å². The molecule has 0 radical (unpaired) electrons. The van der Waals surface area contributed by atoms with Gasteiger partial charge in [-0.2, -0.15) is 0 Å². The Labute approximate surface area is 119 Å². The topological polar surface area (TPSA) is 32.3 Å². The zero-order chi connectivity index (χ0) is 13.8. The molecule has 2 atom stereocenters. The first-order valence-corrected chi connectivity index (χ1v) is 7.20. The summed E-state index contributed by atoms with van der Waals surface area (Å²) >= 11 is 5.88. The Hall–Kier alpha value is -1.06. The van der Waals surface area contributed by atoms with Crippen LogP contribution in [0.3, 0.4) is 0 Å². The summed E-state index contributed by atoms with van der Waals surface area (Å²) in [4.78, 5) is 14.1. The first kappa shape index (κ1) is 14.4. The Morgan fingerprint density at radius 1 is 1.47 bits per heavy atom. The molecular weight excluding hydrogens is 260 g/mol. The highest BCUT2D eigenvalue weighted by Crippen LogP contribution is 2.22. The molecule has 1 aliphatic heterocycles. The maximum absolute atomic E-state index is 12.2. The number of amides is 1. The van der Waals surface area contributed by atoms with Gasteiger partial charge in [-0.3, -0.25) is 4.79 Å². The number of carbonyl (C=O) groups is 1. The third-order valence-electron chi connectivity index (χ3n) is 3.91. The van der Waals surface area contributed by atoms with Crippen molar-refractivity contribution in [2.75, 3.05) is 13.6 Å². The van der Waals surface area contributed by atoms with Gasteiger partial charge in [0, 0.05) is 24.5 Å². The molecule has 1 aromatic carbocycles. The minimum absolute atomic E-state index is 0.0752. The molecule has 1 amide bonds. The molecular formula is C15H21ClN2O. The lowest BCUT2D eigenvalue weighted by atomic mass is 10.1. The van der Waals surface area contributed by atoms with E-state index in [-0.39, 0.29) is 11.9 Å². The van der Waals surface area contributed by atoms with E-state index < -0.39 is 0 Å². The number of hydrogen-bond donors (Lipinski definition) is 1. The van der Waals surface area contributed by atoms with E-state index in [9.17, 15) is 4.79 Å². The van der Waals surface area contributed by atoms with Crippen LogP contribution in [-0.2, 0) is 4.79 Å². The largest absolute Gasteiger partial charge is 0.339 e. The zero-order valence-electron chi connectivity index (χ0n) is 11.5. The Balaban J connectivity index is 1.95. The van der Waals surface area contributed by atoms with Crippen LogP contribution in [-0.4, -0.2) is 30.4 Å². The summed E-state index contributed by atoms with van der Waals surface area (Å²) < 4.78 is 0. The summed E-state index contributed by atoms with van der Waals surface area (Å²) in [5.74, 6) is 0.196. The van der Waals surface area contributed by atoms with Gasteiger partial charge in [0.2, 0.25) is 5.91 Å². The molecule has 0 bridgehead atoms. The lowest BCUT2D eigenvalue weighted by Gasteiger charge is -2.26. The minimum Gasteiger partial charge on any atom is -0.339 e.